The molecular formula is C50H84O5. The number of allylic oxidation sites excluding steroid dienone is 14. The van der Waals surface area contributed by atoms with Crippen LogP contribution in [-0.2, 0) is 19.1 Å². The lowest BCUT2D eigenvalue weighted by Crippen LogP contribution is -2.28. The van der Waals surface area contributed by atoms with E-state index < -0.39 is 6.10 Å². The minimum absolute atomic E-state index is 0.0739. The van der Waals surface area contributed by atoms with Crippen LogP contribution in [0.2, 0.25) is 0 Å². The maximum absolute atomic E-state index is 12.2. The summed E-state index contributed by atoms with van der Waals surface area (Å²) in [5.74, 6) is -0.610. The molecule has 0 aromatic heterocycles. The van der Waals surface area contributed by atoms with Crippen molar-refractivity contribution in [2.45, 2.75) is 206 Å². The molecule has 0 rings (SSSR count). The summed E-state index contributed by atoms with van der Waals surface area (Å²) in [4.78, 5) is 24.2. The van der Waals surface area contributed by atoms with Gasteiger partial charge in [-0.1, -0.05) is 189 Å². The number of aliphatic hydroxyl groups excluding tert-OH is 1. The van der Waals surface area contributed by atoms with E-state index in [-0.39, 0.29) is 25.2 Å². The van der Waals surface area contributed by atoms with Crippen LogP contribution in [0.3, 0.4) is 0 Å². The van der Waals surface area contributed by atoms with Gasteiger partial charge in [-0.05, 0) is 83.5 Å². The molecule has 0 aliphatic carbocycles. The Kier molecular flexibility index (Phi) is 43.1. The maximum Gasteiger partial charge on any atom is 0.306 e. The second kappa shape index (κ2) is 45.5. The standard InChI is InChI=1S/C50H84O5/c1-3-5-7-9-11-13-15-16-17-18-19-20-21-22-23-24-25-26-27-28-29-30-31-32-33-34-35-37-39-41-43-45-50(53)55-48(46-51)47-54-49(52)44-42-40-38-36-14-12-10-8-6-4-2/h5,7-8,10-11,13,16-17,19-20,22-23,25-26,48,51H,3-4,6,9,12,14-15,18,21,24,27-47H2,1-2H3/b7-5-,10-8-,13-11-,17-16-,20-19-,23-22-,26-25-. The molecule has 0 spiro atoms. The summed E-state index contributed by atoms with van der Waals surface area (Å²) in [7, 11) is 0. The maximum atomic E-state index is 12.2. The SMILES string of the molecule is CC/C=C\C/C=C\C/C=C\C/C=C\C/C=C\C/C=C\CCCCCCCCCCCCCCC(=O)OC(CO)COC(=O)CCCCCCC/C=C\CCC. The highest BCUT2D eigenvalue weighted by Gasteiger charge is 2.16. The van der Waals surface area contributed by atoms with Crippen molar-refractivity contribution >= 4 is 11.9 Å². The average Bonchev–Trinajstić information content (AvgIpc) is 3.19. The second-order valence-electron chi connectivity index (χ2n) is 14.7. The molecule has 5 nitrogen and oxygen atoms in total. The quantitative estimate of drug-likeness (QED) is 0.0382. The van der Waals surface area contributed by atoms with Crippen LogP contribution in [0, 0.1) is 0 Å². The highest BCUT2D eigenvalue weighted by Crippen LogP contribution is 2.14. The minimum Gasteiger partial charge on any atom is -0.462 e. The molecule has 0 aliphatic rings. The number of carbonyl (C=O) groups is 2. The first-order valence-corrected chi connectivity index (χ1v) is 22.6. The van der Waals surface area contributed by atoms with Crippen molar-refractivity contribution in [3.8, 4) is 0 Å². The zero-order chi connectivity index (χ0) is 40.0. The molecule has 55 heavy (non-hydrogen) atoms. The van der Waals surface area contributed by atoms with E-state index in [9.17, 15) is 14.7 Å². The van der Waals surface area contributed by atoms with E-state index in [2.05, 4.69) is 98.9 Å². The summed E-state index contributed by atoms with van der Waals surface area (Å²) in [5, 5.41) is 9.56. The molecule has 0 aliphatic heterocycles. The Hall–Kier alpha value is -2.92. The molecule has 314 valence electrons. The van der Waals surface area contributed by atoms with E-state index in [0.717, 1.165) is 89.9 Å². The third kappa shape index (κ3) is 43.7. The van der Waals surface area contributed by atoms with E-state index >= 15 is 0 Å². The van der Waals surface area contributed by atoms with E-state index in [1.165, 1.54) is 83.5 Å². The van der Waals surface area contributed by atoms with Gasteiger partial charge in [0, 0.05) is 12.8 Å². The van der Waals surface area contributed by atoms with Crippen molar-refractivity contribution in [3.05, 3.63) is 85.1 Å². The molecule has 0 radical (unpaired) electrons. The molecule has 1 atom stereocenters. The normalized spacial score (nSPS) is 13.0. The Balaban J connectivity index is 3.53. The molecule has 5 heteroatoms. The van der Waals surface area contributed by atoms with Gasteiger partial charge in [-0.15, -0.1) is 0 Å². The minimum atomic E-state index is -0.778. The molecule has 1 N–H and O–H groups in total. The lowest BCUT2D eigenvalue weighted by Gasteiger charge is -2.15. The van der Waals surface area contributed by atoms with Crippen LogP contribution in [-0.4, -0.2) is 36.4 Å². The zero-order valence-electron chi connectivity index (χ0n) is 35.7. The summed E-state index contributed by atoms with van der Waals surface area (Å²) in [6.45, 7) is 3.94. The number of hydrogen-bond donors (Lipinski definition) is 1. The molecule has 0 saturated heterocycles. The zero-order valence-corrected chi connectivity index (χ0v) is 35.7. The van der Waals surface area contributed by atoms with Gasteiger partial charge in [0.25, 0.3) is 0 Å². The van der Waals surface area contributed by atoms with Crippen molar-refractivity contribution in [1.82, 2.24) is 0 Å². The summed E-state index contributed by atoms with van der Waals surface area (Å²) < 4.78 is 10.6. The first-order valence-electron chi connectivity index (χ1n) is 22.6. The molecule has 0 fully saturated rings. The van der Waals surface area contributed by atoms with Crippen LogP contribution >= 0.6 is 0 Å². The van der Waals surface area contributed by atoms with E-state index in [0.29, 0.717) is 12.8 Å². The van der Waals surface area contributed by atoms with Gasteiger partial charge in [0.05, 0.1) is 6.61 Å². The van der Waals surface area contributed by atoms with Gasteiger partial charge in [-0.2, -0.15) is 0 Å². The van der Waals surface area contributed by atoms with Crippen LogP contribution < -0.4 is 0 Å². The van der Waals surface area contributed by atoms with Gasteiger partial charge < -0.3 is 14.6 Å². The molecule has 0 amide bonds. The molecule has 0 bridgehead atoms. The van der Waals surface area contributed by atoms with Crippen LogP contribution in [0.25, 0.3) is 0 Å². The number of esters is 2. The van der Waals surface area contributed by atoms with E-state index in [4.69, 9.17) is 9.47 Å². The number of carbonyl (C=O) groups excluding carboxylic acids is 2. The monoisotopic (exact) mass is 765 g/mol. The first-order chi connectivity index (χ1) is 27.1. The van der Waals surface area contributed by atoms with Crippen LogP contribution in [0.5, 0.6) is 0 Å². The number of unbranched alkanes of at least 4 members (excludes halogenated alkanes) is 18. The van der Waals surface area contributed by atoms with Gasteiger partial charge in [-0.3, -0.25) is 9.59 Å². The Labute approximate surface area is 339 Å². The highest BCUT2D eigenvalue weighted by atomic mass is 16.6. The smallest absolute Gasteiger partial charge is 0.306 e. The van der Waals surface area contributed by atoms with Crippen molar-refractivity contribution < 1.29 is 24.2 Å². The molecule has 0 aromatic rings. The van der Waals surface area contributed by atoms with Gasteiger partial charge in [0.2, 0.25) is 0 Å². The molecule has 0 heterocycles. The van der Waals surface area contributed by atoms with Gasteiger partial charge in [0.15, 0.2) is 6.10 Å². The third-order valence-corrected chi connectivity index (χ3v) is 9.40. The largest absolute Gasteiger partial charge is 0.462 e. The van der Waals surface area contributed by atoms with Gasteiger partial charge >= 0.3 is 11.9 Å². The summed E-state index contributed by atoms with van der Waals surface area (Å²) in [6, 6.07) is 0. The van der Waals surface area contributed by atoms with Crippen molar-refractivity contribution in [3.63, 3.8) is 0 Å². The number of hydrogen-bond acceptors (Lipinski definition) is 5. The topological polar surface area (TPSA) is 72.8 Å². The Morgan fingerprint density at radius 2 is 0.782 bits per heavy atom. The van der Waals surface area contributed by atoms with Gasteiger partial charge in [0.1, 0.15) is 6.61 Å². The van der Waals surface area contributed by atoms with E-state index in [1.807, 2.05) is 0 Å². The lowest BCUT2D eigenvalue weighted by atomic mass is 10.0. The Morgan fingerprint density at radius 1 is 0.436 bits per heavy atom. The molecule has 0 saturated carbocycles. The molecular weight excluding hydrogens is 681 g/mol. The number of ether oxygens (including phenoxy) is 2. The predicted octanol–water partition coefficient (Wildman–Crippen LogP) is 14.7. The average molecular weight is 765 g/mol. The fourth-order valence-electron chi connectivity index (χ4n) is 6.03. The van der Waals surface area contributed by atoms with Crippen LogP contribution in [0.1, 0.15) is 200 Å². The molecule has 0 aromatic carbocycles. The van der Waals surface area contributed by atoms with Gasteiger partial charge in [-0.25, -0.2) is 0 Å². The second-order valence-corrected chi connectivity index (χ2v) is 14.7. The number of aliphatic hydroxyl groups is 1. The van der Waals surface area contributed by atoms with Crippen LogP contribution in [0.4, 0.5) is 0 Å². The summed E-state index contributed by atoms with van der Waals surface area (Å²) in [6.07, 6.45) is 62.4. The summed E-state index contributed by atoms with van der Waals surface area (Å²) >= 11 is 0. The molecule has 1 unspecified atom stereocenters. The summed E-state index contributed by atoms with van der Waals surface area (Å²) in [5.41, 5.74) is 0. The number of rotatable bonds is 40. The van der Waals surface area contributed by atoms with Crippen molar-refractivity contribution in [1.29, 1.82) is 0 Å². The first kappa shape index (κ1) is 52.1. The van der Waals surface area contributed by atoms with E-state index in [1.54, 1.807) is 0 Å². The van der Waals surface area contributed by atoms with Crippen molar-refractivity contribution in [2.75, 3.05) is 13.2 Å². The lowest BCUT2D eigenvalue weighted by molar-refractivity contribution is -0.161. The highest BCUT2D eigenvalue weighted by molar-refractivity contribution is 5.70. The van der Waals surface area contributed by atoms with Crippen molar-refractivity contribution in [2.24, 2.45) is 0 Å². The Bertz CT molecular complexity index is 1050. The fraction of sp³-hybridized carbons (Fsp3) is 0.680. The predicted molar refractivity (Wildman–Crippen MR) is 237 cm³/mol. The van der Waals surface area contributed by atoms with Crippen LogP contribution in [0.15, 0.2) is 85.1 Å². The fourth-order valence-corrected chi connectivity index (χ4v) is 6.03. The Morgan fingerprint density at radius 3 is 1.20 bits per heavy atom. The third-order valence-electron chi connectivity index (χ3n) is 9.40.